The first kappa shape index (κ1) is 20.0. The SMILES string of the molecule is Cc1ccc(OCC(=O)Nc2ccc3oc(-c4ccc(O)c(Br)c4)nc3c2)cc1C. The first-order valence-corrected chi connectivity index (χ1v) is 10.1. The number of amides is 1. The van der Waals surface area contributed by atoms with Crippen molar-refractivity contribution < 1.29 is 19.1 Å². The molecule has 1 aromatic heterocycles. The molecule has 30 heavy (non-hydrogen) atoms. The lowest BCUT2D eigenvalue weighted by Gasteiger charge is -2.09. The number of hydrogen-bond acceptors (Lipinski definition) is 5. The van der Waals surface area contributed by atoms with Crippen LogP contribution in [0.2, 0.25) is 0 Å². The number of anilines is 1. The van der Waals surface area contributed by atoms with Crippen molar-refractivity contribution in [3.63, 3.8) is 0 Å². The maximum absolute atomic E-state index is 12.3. The fourth-order valence-electron chi connectivity index (χ4n) is 2.92. The molecule has 6 nitrogen and oxygen atoms in total. The van der Waals surface area contributed by atoms with Crippen LogP contribution in [-0.2, 0) is 4.79 Å². The van der Waals surface area contributed by atoms with Crippen LogP contribution in [0.4, 0.5) is 5.69 Å². The van der Waals surface area contributed by atoms with Crippen LogP contribution in [0.15, 0.2) is 63.5 Å². The molecular formula is C23H19BrN2O4. The van der Waals surface area contributed by atoms with E-state index in [1.54, 1.807) is 36.4 Å². The maximum Gasteiger partial charge on any atom is 0.262 e. The van der Waals surface area contributed by atoms with Crippen LogP contribution in [0.1, 0.15) is 11.1 Å². The van der Waals surface area contributed by atoms with E-state index in [2.05, 4.69) is 26.2 Å². The Morgan fingerprint density at radius 1 is 1.10 bits per heavy atom. The summed E-state index contributed by atoms with van der Waals surface area (Å²) in [5.41, 5.74) is 4.82. The number of aryl methyl sites for hydroxylation is 2. The third-order valence-corrected chi connectivity index (χ3v) is 5.35. The fraction of sp³-hybridized carbons (Fsp3) is 0.130. The van der Waals surface area contributed by atoms with Gasteiger partial charge in [0, 0.05) is 11.3 Å². The first-order valence-electron chi connectivity index (χ1n) is 9.28. The summed E-state index contributed by atoms with van der Waals surface area (Å²) >= 11 is 3.29. The average molecular weight is 467 g/mol. The van der Waals surface area contributed by atoms with Crippen LogP contribution in [0, 0.1) is 13.8 Å². The van der Waals surface area contributed by atoms with E-state index in [9.17, 15) is 9.90 Å². The van der Waals surface area contributed by atoms with Gasteiger partial charge in [-0.1, -0.05) is 6.07 Å². The summed E-state index contributed by atoms with van der Waals surface area (Å²) in [6.07, 6.45) is 0. The minimum Gasteiger partial charge on any atom is -0.507 e. The highest BCUT2D eigenvalue weighted by atomic mass is 79.9. The number of fused-ring (bicyclic) bond motifs is 1. The number of phenols is 1. The quantitative estimate of drug-likeness (QED) is 0.399. The molecule has 7 heteroatoms. The topological polar surface area (TPSA) is 84.6 Å². The number of carbonyl (C=O) groups excluding carboxylic acids is 1. The van der Waals surface area contributed by atoms with E-state index in [-0.39, 0.29) is 18.3 Å². The Hall–Kier alpha value is -3.32. The highest BCUT2D eigenvalue weighted by molar-refractivity contribution is 9.10. The number of hydrogen-bond donors (Lipinski definition) is 2. The minimum atomic E-state index is -0.265. The van der Waals surface area contributed by atoms with Crippen molar-refractivity contribution in [2.45, 2.75) is 13.8 Å². The Morgan fingerprint density at radius 2 is 1.93 bits per heavy atom. The van der Waals surface area contributed by atoms with Gasteiger partial charge in [-0.05, 0) is 89.4 Å². The molecule has 0 spiro atoms. The van der Waals surface area contributed by atoms with E-state index >= 15 is 0 Å². The zero-order valence-electron chi connectivity index (χ0n) is 16.4. The van der Waals surface area contributed by atoms with Crippen molar-refractivity contribution in [1.29, 1.82) is 0 Å². The van der Waals surface area contributed by atoms with Gasteiger partial charge in [0.15, 0.2) is 12.2 Å². The summed E-state index contributed by atoms with van der Waals surface area (Å²) in [5, 5.41) is 12.5. The van der Waals surface area contributed by atoms with Crippen LogP contribution < -0.4 is 10.1 Å². The van der Waals surface area contributed by atoms with E-state index in [0.717, 1.165) is 11.1 Å². The van der Waals surface area contributed by atoms with Gasteiger partial charge in [0.1, 0.15) is 17.0 Å². The summed E-state index contributed by atoms with van der Waals surface area (Å²) in [5.74, 6) is 0.957. The largest absolute Gasteiger partial charge is 0.507 e. The number of nitrogens with zero attached hydrogens (tertiary/aromatic N) is 1. The van der Waals surface area contributed by atoms with Gasteiger partial charge in [0.05, 0.1) is 4.47 Å². The van der Waals surface area contributed by atoms with Gasteiger partial charge in [-0.25, -0.2) is 4.98 Å². The van der Waals surface area contributed by atoms with Gasteiger partial charge in [0.25, 0.3) is 5.91 Å². The molecule has 2 N–H and O–H groups in total. The number of carbonyl (C=O) groups is 1. The molecule has 3 aromatic carbocycles. The molecule has 0 fully saturated rings. The van der Waals surface area contributed by atoms with Crippen LogP contribution in [0.5, 0.6) is 11.5 Å². The molecule has 4 aromatic rings. The molecule has 0 radical (unpaired) electrons. The monoisotopic (exact) mass is 466 g/mol. The smallest absolute Gasteiger partial charge is 0.262 e. The number of ether oxygens (including phenoxy) is 1. The Morgan fingerprint density at radius 3 is 2.70 bits per heavy atom. The molecule has 0 saturated heterocycles. The van der Waals surface area contributed by atoms with Gasteiger partial charge in [-0.3, -0.25) is 4.79 Å². The Balaban J connectivity index is 1.45. The Labute approximate surface area is 181 Å². The second kappa shape index (κ2) is 8.20. The van der Waals surface area contributed by atoms with Crippen LogP contribution in [0.3, 0.4) is 0 Å². The minimum absolute atomic E-state index is 0.0911. The van der Waals surface area contributed by atoms with Crippen molar-refractivity contribution in [1.82, 2.24) is 4.98 Å². The predicted octanol–water partition coefficient (Wildman–Crippen LogP) is 5.60. The predicted molar refractivity (Wildman–Crippen MR) is 119 cm³/mol. The van der Waals surface area contributed by atoms with E-state index < -0.39 is 0 Å². The number of phenolic OH excluding ortho intramolecular Hbond substituents is 1. The lowest BCUT2D eigenvalue weighted by Crippen LogP contribution is -2.20. The Bertz CT molecular complexity index is 1250. The number of rotatable bonds is 5. The molecule has 4 rings (SSSR count). The van der Waals surface area contributed by atoms with E-state index in [0.29, 0.717) is 32.9 Å². The molecule has 0 aliphatic heterocycles. The lowest BCUT2D eigenvalue weighted by atomic mass is 10.1. The van der Waals surface area contributed by atoms with Crippen molar-refractivity contribution in [3.05, 3.63) is 70.2 Å². The Kier molecular flexibility index (Phi) is 5.46. The van der Waals surface area contributed by atoms with Crippen LogP contribution in [-0.4, -0.2) is 22.6 Å². The molecule has 0 atom stereocenters. The summed E-state index contributed by atoms with van der Waals surface area (Å²) in [7, 11) is 0. The molecule has 0 bridgehead atoms. The number of benzene rings is 3. The first-order chi connectivity index (χ1) is 14.4. The zero-order valence-corrected chi connectivity index (χ0v) is 18.0. The van der Waals surface area contributed by atoms with Gasteiger partial charge in [-0.2, -0.15) is 0 Å². The van der Waals surface area contributed by atoms with E-state index in [1.807, 2.05) is 32.0 Å². The molecule has 1 amide bonds. The summed E-state index contributed by atoms with van der Waals surface area (Å²) in [4.78, 5) is 16.7. The molecular weight excluding hydrogens is 448 g/mol. The standard InChI is InChI=1S/C23H19BrN2O4/c1-13-3-6-17(9-14(13)2)29-12-22(28)25-16-5-8-21-19(11-16)26-23(30-21)15-4-7-20(27)18(24)10-15/h3-11,27H,12H2,1-2H3,(H,25,28). The highest BCUT2D eigenvalue weighted by Crippen LogP contribution is 2.31. The van der Waals surface area contributed by atoms with Gasteiger partial charge in [0.2, 0.25) is 5.89 Å². The zero-order chi connectivity index (χ0) is 21.3. The van der Waals surface area contributed by atoms with Gasteiger partial charge < -0.3 is 19.6 Å². The third-order valence-electron chi connectivity index (χ3n) is 4.71. The molecule has 0 saturated carbocycles. The molecule has 0 aliphatic carbocycles. The summed E-state index contributed by atoms with van der Waals surface area (Å²) in [6, 6.07) is 16.0. The molecule has 0 aliphatic rings. The van der Waals surface area contributed by atoms with Gasteiger partial charge in [-0.15, -0.1) is 0 Å². The number of nitrogens with one attached hydrogen (secondary N) is 1. The molecule has 152 valence electrons. The highest BCUT2D eigenvalue weighted by Gasteiger charge is 2.12. The number of halogens is 1. The second-order valence-corrected chi connectivity index (χ2v) is 7.80. The normalized spacial score (nSPS) is 10.9. The fourth-order valence-corrected chi connectivity index (χ4v) is 3.30. The third kappa shape index (κ3) is 4.31. The van der Waals surface area contributed by atoms with Crippen LogP contribution in [0.25, 0.3) is 22.6 Å². The maximum atomic E-state index is 12.3. The van der Waals surface area contributed by atoms with Gasteiger partial charge >= 0.3 is 0 Å². The number of aromatic nitrogens is 1. The lowest BCUT2D eigenvalue weighted by molar-refractivity contribution is -0.118. The molecule has 1 heterocycles. The van der Waals surface area contributed by atoms with Crippen molar-refractivity contribution in [2.24, 2.45) is 0 Å². The molecule has 0 unspecified atom stereocenters. The van der Waals surface area contributed by atoms with Crippen LogP contribution >= 0.6 is 15.9 Å². The van der Waals surface area contributed by atoms with Crippen molar-refractivity contribution in [2.75, 3.05) is 11.9 Å². The van der Waals surface area contributed by atoms with Crippen molar-refractivity contribution >= 4 is 38.6 Å². The number of oxazole rings is 1. The van der Waals surface area contributed by atoms with E-state index in [4.69, 9.17) is 9.15 Å². The summed E-state index contributed by atoms with van der Waals surface area (Å²) < 4.78 is 11.9. The second-order valence-electron chi connectivity index (χ2n) is 6.95. The summed E-state index contributed by atoms with van der Waals surface area (Å²) in [6.45, 7) is 3.93. The van der Waals surface area contributed by atoms with E-state index in [1.165, 1.54) is 5.56 Å². The number of aromatic hydroxyl groups is 1. The van der Waals surface area contributed by atoms with Crippen molar-refractivity contribution in [3.8, 4) is 23.0 Å². The average Bonchev–Trinajstić information content (AvgIpc) is 3.14.